The standard InChI is InChI=1S/C19H14/c1-2-6-14(7-3-1)15-10-12-16(13-11-15)19-17-8-4-5-9-18(17)19/h1-13,19H. The third-order valence-corrected chi connectivity index (χ3v) is 3.89. The second-order valence-electron chi connectivity index (χ2n) is 5.05. The van der Waals surface area contributed by atoms with Crippen molar-refractivity contribution in [3.63, 3.8) is 0 Å². The largest absolute Gasteiger partial charge is 0.0622 e. The van der Waals surface area contributed by atoms with Crippen molar-refractivity contribution in [2.75, 3.05) is 0 Å². The normalized spacial score (nSPS) is 13.1. The maximum atomic E-state index is 2.26. The number of rotatable bonds is 2. The van der Waals surface area contributed by atoms with Crippen LogP contribution in [0.5, 0.6) is 0 Å². The van der Waals surface area contributed by atoms with Crippen molar-refractivity contribution < 1.29 is 0 Å². The van der Waals surface area contributed by atoms with Crippen LogP contribution in [0.1, 0.15) is 22.6 Å². The Morgan fingerprint density at radius 2 is 1.00 bits per heavy atom. The van der Waals surface area contributed by atoms with Crippen LogP contribution in [0.15, 0.2) is 78.9 Å². The zero-order valence-corrected chi connectivity index (χ0v) is 10.6. The van der Waals surface area contributed by atoms with Crippen LogP contribution >= 0.6 is 0 Å². The number of hydrogen-bond donors (Lipinski definition) is 0. The quantitative estimate of drug-likeness (QED) is 0.471. The topological polar surface area (TPSA) is 0 Å². The molecule has 0 heterocycles. The summed E-state index contributed by atoms with van der Waals surface area (Å²) in [5, 5.41) is 0. The maximum absolute atomic E-state index is 2.26. The van der Waals surface area contributed by atoms with Crippen molar-refractivity contribution in [2.24, 2.45) is 0 Å². The Morgan fingerprint density at radius 1 is 0.474 bits per heavy atom. The summed E-state index contributed by atoms with van der Waals surface area (Å²) in [7, 11) is 0. The minimum atomic E-state index is 0.542. The molecule has 0 saturated carbocycles. The van der Waals surface area contributed by atoms with E-state index in [1.165, 1.54) is 27.8 Å². The summed E-state index contributed by atoms with van der Waals surface area (Å²) >= 11 is 0. The lowest BCUT2D eigenvalue weighted by Crippen LogP contribution is -1.82. The Kier molecular flexibility index (Phi) is 2.28. The van der Waals surface area contributed by atoms with E-state index in [1.54, 1.807) is 0 Å². The lowest BCUT2D eigenvalue weighted by atomic mass is 10.0. The fourth-order valence-corrected chi connectivity index (χ4v) is 2.82. The van der Waals surface area contributed by atoms with Crippen molar-refractivity contribution in [3.05, 3.63) is 95.6 Å². The molecule has 0 N–H and O–H groups in total. The Labute approximate surface area is 113 Å². The molecule has 1 aliphatic rings. The van der Waals surface area contributed by atoms with Crippen LogP contribution in [0.2, 0.25) is 0 Å². The first-order valence-electron chi connectivity index (χ1n) is 6.68. The molecule has 0 heteroatoms. The second-order valence-corrected chi connectivity index (χ2v) is 5.05. The Balaban J connectivity index is 1.65. The second kappa shape index (κ2) is 4.10. The SMILES string of the molecule is c1ccc(-c2ccc(C3c4ccccc43)cc2)cc1. The predicted octanol–water partition coefficient (Wildman–Crippen LogP) is 4.85. The van der Waals surface area contributed by atoms with Crippen LogP contribution in [-0.4, -0.2) is 0 Å². The van der Waals surface area contributed by atoms with Gasteiger partial charge in [-0.15, -0.1) is 0 Å². The van der Waals surface area contributed by atoms with Crippen LogP contribution < -0.4 is 0 Å². The molecule has 0 fully saturated rings. The van der Waals surface area contributed by atoms with Gasteiger partial charge in [0.2, 0.25) is 0 Å². The van der Waals surface area contributed by atoms with E-state index in [-0.39, 0.29) is 0 Å². The summed E-state index contributed by atoms with van der Waals surface area (Å²) in [4.78, 5) is 0. The lowest BCUT2D eigenvalue weighted by Gasteiger charge is -2.03. The molecule has 90 valence electrons. The molecule has 0 atom stereocenters. The van der Waals surface area contributed by atoms with E-state index >= 15 is 0 Å². The average Bonchev–Trinajstić information content (AvgIpc) is 3.23. The van der Waals surface area contributed by atoms with Gasteiger partial charge < -0.3 is 0 Å². The summed E-state index contributed by atoms with van der Waals surface area (Å²) in [5.41, 5.74) is 6.93. The number of hydrogen-bond acceptors (Lipinski definition) is 0. The fourth-order valence-electron chi connectivity index (χ4n) is 2.82. The smallest absolute Gasteiger partial charge is 0.0346 e. The molecule has 19 heavy (non-hydrogen) atoms. The van der Waals surface area contributed by atoms with Gasteiger partial charge in [-0.1, -0.05) is 78.9 Å². The molecule has 0 nitrogen and oxygen atoms in total. The van der Waals surface area contributed by atoms with Gasteiger partial charge in [-0.3, -0.25) is 0 Å². The highest BCUT2D eigenvalue weighted by atomic mass is 14.3. The maximum Gasteiger partial charge on any atom is 0.0346 e. The highest BCUT2D eigenvalue weighted by Gasteiger charge is 2.32. The van der Waals surface area contributed by atoms with Crippen LogP contribution in [0.3, 0.4) is 0 Å². The summed E-state index contributed by atoms with van der Waals surface area (Å²) in [5.74, 6) is 0.542. The molecule has 0 amide bonds. The van der Waals surface area contributed by atoms with Gasteiger partial charge in [-0.05, 0) is 27.8 Å². The van der Waals surface area contributed by atoms with E-state index in [9.17, 15) is 0 Å². The van der Waals surface area contributed by atoms with Gasteiger partial charge in [0.1, 0.15) is 0 Å². The molecule has 0 unspecified atom stereocenters. The van der Waals surface area contributed by atoms with E-state index in [0.717, 1.165) is 0 Å². The third kappa shape index (κ3) is 1.77. The van der Waals surface area contributed by atoms with Gasteiger partial charge in [0.05, 0.1) is 0 Å². The summed E-state index contributed by atoms with van der Waals surface area (Å²) in [6.45, 7) is 0. The molecule has 0 aromatic heterocycles. The molecule has 1 aliphatic carbocycles. The molecule has 4 rings (SSSR count). The Bertz CT molecular complexity index is 686. The minimum Gasteiger partial charge on any atom is -0.0622 e. The Morgan fingerprint density at radius 3 is 1.63 bits per heavy atom. The fraction of sp³-hybridized carbons (Fsp3) is 0.0526. The molecule has 0 saturated heterocycles. The van der Waals surface area contributed by atoms with E-state index in [1.807, 2.05) is 0 Å². The lowest BCUT2D eigenvalue weighted by molar-refractivity contribution is 1.21. The number of fused-ring (bicyclic) bond motifs is 1. The molecular formula is C19H14. The van der Waals surface area contributed by atoms with Crippen LogP contribution in [0.4, 0.5) is 0 Å². The molecule has 0 bridgehead atoms. The molecule has 3 aromatic rings. The molecule has 0 radical (unpaired) electrons. The monoisotopic (exact) mass is 242 g/mol. The summed E-state index contributed by atoms with van der Waals surface area (Å²) in [6.07, 6.45) is 0. The van der Waals surface area contributed by atoms with Crippen LogP contribution in [0, 0.1) is 0 Å². The van der Waals surface area contributed by atoms with E-state index < -0.39 is 0 Å². The van der Waals surface area contributed by atoms with Gasteiger partial charge in [0.15, 0.2) is 0 Å². The van der Waals surface area contributed by atoms with Gasteiger partial charge in [-0.2, -0.15) is 0 Å². The van der Waals surface area contributed by atoms with Crippen molar-refractivity contribution in [3.8, 4) is 11.1 Å². The highest BCUT2D eigenvalue weighted by Crippen LogP contribution is 2.47. The van der Waals surface area contributed by atoms with E-state index in [4.69, 9.17) is 0 Å². The third-order valence-electron chi connectivity index (χ3n) is 3.89. The van der Waals surface area contributed by atoms with Gasteiger partial charge >= 0.3 is 0 Å². The molecule has 3 aromatic carbocycles. The van der Waals surface area contributed by atoms with Gasteiger partial charge in [-0.25, -0.2) is 0 Å². The van der Waals surface area contributed by atoms with Crippen molar-refractivity contribution in [1.29, 1.82) is 0 Å². The van der Waals surface area contributed by atoms with E-state index in [2.05, 4.69) is 78.9 Å². The van der Waals surface area contributed by atoms with Gasteiger partial charge in [0.25, 0.3) is 0 Å². The first kappa shape index (κ1) is 10.6. The van der Waals surface area contributed by atoms with Crippen molar-refractivity contribution in [2.45, 2.75) is 5.92 Å². The zero-order valence-electron chi connectivity index (χ0n) is 10.6. The highest BCUT2D eigenvalue weighted by molar-refractivity contribution is 5.66. The average molecular weight is 242 g/mol. The van der Waals surface area contributed by atoms with Crippen LogP contribution in [-0.2, 0) is 0 Å². The van der Waals surface area contributed by atoms with E-state index in [0.29, 0.717) is 5.92 Å². The van der Waals surface area contributed by atoms with Crippen molar-refractivity contribution in [1.82, 2.24) is 0 Å². The Hall–Kier alpha value is -2.34. The van der Waals surface area contributed by atoms with Crippen molar-refractivity contribution >= 4 is 0 Å². The van der Waals surface area contributed by atoms with Crippen LogP contribution in [0.25, 0.3) is 11.1 Å². The first-order valence-corrected chi connectivity index (χ1v) is 6.68. The summed E-state index contributed by atoms with van der Waals surface area (Å²) < 4.78 is 0. The first-order chi connectivity index (χ1) is 9.43. The predicted molar refractivity (Wildman–Crippen MR) is 79.3 cm³/mol. The molecule has 0 aliphatic heterocycles. The molecule has 0 spiro atoms. The number of benzene rings is 3. The minimum absolute atomic E-state index is 0.542. The molecular weight excluding hydrogens is 228 g/mol. The van der Waals surface area contributed by atoms with Gasteiger partial charge in [0, 0.05) is 5.92 Å². The zero-order chi connectivity index (χ0) is 12.7. The summed E-state index contributed by atoms with van der Waals surface area (Å²) in [6, 6.07) is 28.2.